The Kier molecular flexibility index (Phi) is 4.13. The van der Waals surface area contributed by atoms with E-state index in [1.165, 1.54) is 51.9 Å². The van der Waals surface area contributed by atoms with Crippen LogP contribution in [0.3, 0.4) is 0 Å². The number of nitrogens with two attached hydrogens (primary N) is 1. The van der Waals surface area contributed by atoms with Crippen LogP contribution in [-0.2, 0) is 4.74 Å². The van der Waals surface area contributed by atoms with Crippen LogP contribution < -0.4 is 5.73 Å². The van der Waals surface area contributed by atoms with Gasteiger partial charge in [-0.1, -0.05) is 12.8 Å². The summed E-state index contributed by atoms with van der Waals surface area (Å²) in [6.07, 6.45) is 7.10. The second kappa shape index (κ2) is 5.68. The average Bonchev–Trinajstić information content (AvgIpc) is 3.09. The zero-order valence-corrected chi connectivity index (χ0v) is 12.3. The lowest BCUT2D eigenvalue weighted by molar-refractivity contribution is -0.0187. The van der Waals surface area contributed by atoms with E-state index in [9.17, 15) is 0 Å². The molecule has 2 unspecified atom stereocenters. The summed E-state index contributed by atoms with van der Waals surface area (Å²) in [4.78, 5) is 5.34. The maximum atomic E-state index is 6.11. The third-order valence-corrected chi connectivity index (χ3v) is 5.80. The Morgan fingerprint density at radius 3 is 2.37 bits per heavy atom. The van der Waals surface area contributed by atoms with Gasteiger partial charge >= 0.3 is 0 Å². The van der Waals surface area contributed by atoms with Gasteiger partial charge < -0.3 is 10.5 Å². The van der Waals surface area contributed by atoms with E-state index < -0.39 is 0 Å². The summed E-state index contributed by atoms with van der Waals surface area (Å²) in [5.74, 6) is 0. The lowest BCUT2D eigenvalue weighted by atomic mass is 9.89. The van der Waals surface area contributed by atoms with Crippen LogP contribution in [0.25, 0.3) is 0 Å². The second-order valence-corrected chi connectivity index (χ2v) is 6.53. The van der Waals surface area contributed by atoms with E-state index in [-0.39, 0.29) is 11.6 Å². The lowest BCUT2D eigenvalue weighted by Crippen LogP contribution is -2.63. The molecule has 2 saturated heterocycles. The van der Waals surface area contributed by atoms with E-state index in [0.717, 1.165) is 25.6 Å². The number of ether oxygens (including phenoxy) is 1. The van der Waals surface area contributed by atoms with Crippen LogP contribution in [-0.4, -0.2) is 66.8 Å². The van der Waals surface area contributed by atoms with E-state index in [2.05, 4.69) is 16.7 Å². The molecule has 0 aromatic rings. The first kappa shape index (κ1) is 13.8. The molecule has 0 radical (unpaired) electrons. The quantitative estimate of drug-likeness (QED) is 0.830. The summed E-state index contributed by atoms with van der Waals surface area (Å²) in [7, 11) is 0. The van der Waals surface area contributed by atoms with Crippen LogP contribution in [0.5, 0.6) is 0 Å². The Morgan fingerprint density at radius 2 is 1.84 bits per heavy atom. The van der Waals surface area contributed by atoms with Gasteiger partial charge in [-0.25, -0.2) is 0 Å². The summed E-state index contributed by atoms with van der Waals surface area (Å²) >= 11 is 0. The Bertz CT molecular complexity index is 298. The molecule has 19 heavy (non-hydrogen) atoms. The molecule has 3 aliphatic rings. The highest BCUT2D eigenvalue weighted by molar-refractivity contribution is 5.02. The van der Waals surface area contributed by atoms with E-state index in [1.54, 1.807) is 0 Å². The Hall–Kier alpha value is -0.160. The Morgan fingerprint density at radius 1 is 1.16 bits per heavy atom. The molecule has 3 rings (SSSR count). The molecule has 0 amide bonds. The van der Waals surface area contributed by atoms with Crippen molar-refractivity contribution >= 4 is 0 Å². The average molecular weight is 267 g/mol. The molecule has 3 fully saturated rings. The summed E-state index contributed by atoms with van der Waals surface area (Å²) in [5, 5.41) is 0. The van der Waals surface area contributed by atoms with Gasteiger partial charge in [-0.2, -0.15) is 0 Å². The molecule has 2 atom stereocenters. The van der Waals surface area contributed by atoms with Gasteiger partial charge in [0, 0.05) is 45.4 Å². The van der Waals surface area contributed by atoms with E-state index in [4.69, 9.17) is 10.5 Å². The molecule has 4 heteroatoms. The van der Waals surface area contributed by atoms with Gasteiger partial charge in [0.2, 0.25) is 0 Å². The van der Waals surface area contributed by atoms with Crippen LogP contribution >= 0.6 is 0 Å². The number of nitrogens with zero attached hydrogens (tertiary/aromatic N) is 2. The monoisotopic (exact) mass is 267 g/mol. The van der Waals surface area contributed by atoms with Gasteiger partial charge in [0.1, 0.15) is 0 Å². The van der Waals surface area contributed by atoms with Crippen molar-refractivity contribution in [3.63, 3.8) is 0 Å². The summed E-state index contributed by atoms with van der Waals surface area (Å²) in [6.45, 7) is 8.59. The molecule has 0 spiro atoms. The van der Waals surface area contributed by atoms with Gasteiger partial charge in [0.05, 0.1) is 11.6 Å². The van der Waals surface area contributed by atoms with Gasteiger partial charge in [-0.15, -0.1) is 0 Å². The molecule has 2 aliphatic heterocycles. The van der Waals surface area contributed by atoms with Crippen LogP contribution in [0, 0.1) is 0 Å². The first-order chi connectivity index (χ1) is 9.26. The number of rotatable bonds is 3. The molecular weight excluding hydrogens is 238 g/mol. The molecule has 0 bridgehead atoms. The molecule has 2 N–H and O–H groups in total. The van der Waals surface area contributed by atoms with Crippen molar-refractivity contribution in [2.75, 3.05) is 39.3 Å². The molecule has 4 nitrogen and oxygen atoms in total. The van der Waals surface area contributed by atoms with Crippen LogP contribution in [0.15, 0.2) is 0 Å². The van der Waals surface area contributed by atoms with Crippen molar-refractivity contribution in [2.24, 2.45) is 5.73 Å². The maximum absolute atomic E-state index is 6.11. The standard InChI is InChI=1S/C15H29N3O/c1-13-15(12-16,6-11-19-13)18-9-7-17(8-10-18)14-4-2-3-5-14/h13-14H,2-12,16H2,1H3. The molecule has 0 aromatic heterocycles. The molecule has 1 aliphatic carbocycles. The largest absolute Gasteiger partial charge is 0.376 e. The van der Waals surface area contributed by atoms with Gasteiger partial charge in [0.25, 0.3) is 0 Å². The van der Waals surface area contributed by atoms with Crippen LogP contribution in [0.1, 0.15) is 39.0 Å². The van der Waals surface area contributed by atoms with Gasteiger partial charge in [-0.05, 0) is 26.2 Å². The molecule has 2 heterocycles. The molecule has 1 saturated carbocycles. The number of piperazine rings is 1. The Labute approximate surface area is 117 Å². The number of hydrogen-bond acceptors (Lipinski definition) is 4. The first-order valence-electron chi connectivity index (χ1n) is 8.07. The fraction of sp³-hybridized carbons (Fsp3) is 1.00. The Balaban J connectivity index is 1.59. The highest BCUT2D eigenvalue weighted by Crippen LogP contribution is 2.33. The minimum atomic E-state index is 0.113. The lowest BCUT2D eigenvalue weighted by Gasteiger charge is -2.48. The molecule has 0 aromatic carbocycles. The fourth-order valence-corrected chi connectivity index (χ4v) is 4.38. The van der Waals surface area contributed by atoms with E-state index in [1.807, 2.05) is 0 Å². The van der Waals surface area contributed by atoms with Gasteiger partial charge in [0.15, 0.2) is 0 Å². The smallest absolute Gasteiger partial charge is 0.0743 e. The van der Waals surface area contributed by atoms with Crippen molar-refractivity contribution in [2.45, 2.75) is 56.7 Å². The van der Waals surface area contributed by atoms with Crippen molar-refractivity contribution in [1.82, 2.24) is 9.80 Å². The van der Waals surface area contributed by atoms with Crippen molar-refractivity contribution in [3.05, 3.63) is 0 Å². The topological polar surface area (TPSA) is 41.7 Å². The summed E-state index contributed by atoms with van der Waals surface area (Å²) in [6, 6.07) is 0.869. The van der Waals surface area contributed by atoms with Crippen LogP contribution in [0.4, 0.5) is 0 Å². The molecular formula is C15H29N3O. The third-order valence-electron chi connectivity index (χ3n) is 5.80. The fourth-order valence-electron chi connectivity index (χ4n) is 4.38. The SMILES string of the molecule is CC1OCCC1(CN)N1CCN(C2CCCC2)CC1. The number of hydrogen-bond donors (Lipinski definition) is 1. The van der Waals surface area contributed by atoms with Crippen molar-refractivity contribution < 1.29 is 4.74 Å². The van der Waals surface area contributed by atoms with E-state index in [0.29, 0.717) is 0 Å². The zero-order valence-electron chi connectivity index (χ0n) is 12.3. The molecule has 110 valence electrons. The van der Waals surface area contributed by atoms with Crippen molar-refractivity contribution in [1.29, 1.82) is 0 Å². The maximum Gasteiger partial charge on any atom is 0.0743 e. The predicted molar refractivity (Wildman–Crippen MR) is 77.2 cm³/mol. The van der Waals surface area contributed by atoms with Crippen LogP contribution in [0.2, 0.25) is 0 Å². The highest BCUT2D eigenvalue weighted by Gasteiger charge is 2.46. The second-order valence-electron chi connectivity index (χ2n) is 6.53. The normalized spacial score (nSPS) is 39.2. The summed E-state index contributed by atoms with van der Waals surface area (Å²) < 4.78 is 5.80. The highest BCUT2D eigenvalue weighted by atomic mass is 16.5. The van der Waals surface area contributed by atoms with Gasteiger partial charge in [-0.3, -0.25) is 9.80 Å². The summed E-state index contributed by atoms with van der Waals surface area (Å²) in [5.41, 5.74) is 6.22. The minimum Gasteiger partial charge on any atom is -0.376 e. The van der Waals surface area contributed by atoms with Crippen molar-refractivity contribution in [3.8, 4) is 0 Å². The third kappa shape index (κ3) is 2.44. The predicted octanol–water partition coefficient (Wildman–Crippen LogP) is 1.05. The minimum absolute atomic E-state index is 0.113. The zero-order chi connectivity index (χ0) is 13.3. The first-order valence-corrected chi connectivity index (χ1v) is 8.07. The van der Waals surface area contributed by atoms with E-state index >= 15 is 0 Å².